The van der Waals surface area contributed by atoms with E-state index in [4.69, 9.17) is 24.3 Å². The van der Waals surface area contributed by atoms with Gasteiger partial charge >= 0.3 is 19.8 Å². The number of allylic oxidation sites excluding steroid dienone is 18. The molecule has 0 saturated carbocycles. The number of nitrogens with two attached hydrogens (primary N) is 1. The van der Waals surface area contributed by atoms with Gasteiger partial charge < -0.3 is 20.1 Å². The van der Waals surface area contributed by atoms with E-state index >= 15 is 0 Å². The van der Waals surface area contributed by atoms with Crippen LogP contribution >= 0.6 is 7.82 Å². The van der Waals surface area contributed by atoms with Crippen LogP contribution in [0.5, 0.6) is 0 Å². The summed E-state index contributed by atoms with van der Waals surface area (Å²) in [5.41, 5.74) is 5.35. The Kier molecular flexibility index (Phi) is 41.7. The second-order valence-electron chi connectivity index (χ2n) is 14.2. The van der Waals surface area contributed by atoms with Crippen molar-refractivity contribution in [2.75, 3.05) is 26.4 Å². The normalized spacial score (nSPS) is 14.3. The van der Waals surface area contributed by atoms with E-state index in [0.717, 1.165) is 89.9 Å². The van der Waals surface area contributed by atoms with Gasteiger partial charge in [-0.25, -0.2) is 4.57 Å². The Morgan fingerprint density at radius 3 is 1.36 bits per heavy atom. The van der Waals surface area contributed by atoms with Crippen molar-refractivity contribution < 1.29 is 37.6 Å². The van der Waals surface area contributed by atoms with Crippen LogP contribution in [0.15, 0.2) is 109 Å². The first-order valence-electron chi connectivity index (χ1n) is 22.4. The van der Waals surface area contributed by atoms with Crippen LogP contribution in [0.2, 0.25) is 0 Å². The van der Waals surface area contributed by atoms with Crippen molar-refractivity contribution in [1.29, 1.82) is 0 Å². The number of carbonyl (C=O) groups is 2. The molecule has 0 aromatic rings. The summed E-state index contributed by atoms with van der Waals surface area (Å²) in [4.78, 5) is 34.9. The van der Waals surface area contributed by atoms with Gasteiger partial charge in [-0.05, 0) is 103 Å². The highest BCUT2D eigenvalue weighted by Crippen LogP contribution is 2.43. The predicted octanol–water partition coefficient (Wildman–Crippen LogP) is 13.2. The molecule has 0 aromatic carbocycles. The monoisotopic (exact) mass is 842 g/mol. The maximum atomic E-state index is 12.6. The van der Waals surface area contributed by atoms with Gasteiger partial charge in [0.25, 0.3) is 0 Å². The van der Waals surface area contributed by atoms with Crippen LogP contribution < -0.4 is 5.73 Å². The summed E-state index contributed by atoms with van der Waals surface area (Å²) in [6.07, 6.45) is 58.3. The molecule has 0 heterocycles. The molecule has 0 radical (unpaired) electrons. The molecular weight excluding hydrogens is 762 g/mol. The molecule has 10 heteroatoms. The topological polar surface area (TPSA) is 134 Å². The van der Waals surface area contributed by atoms with Crippen LogP contribution in [-0.4, -0.2) is 49.3 Å². The van der Waals surface area contributed by atoms with E-state index in [1.807, 2.05) is 0 Å². The number of phosphoric ester groups is 1. The molecule has 59 heavy (non-hydrogen) atoms. The highest BCUT2D eigenvalue weighted by atomic mass is 31.2. The smallest absolute Gasteiger partial charge is 0.462 e. The minimum absolute atomic E-state index is 0.0364. The van der Waals surface area contributed by atoms with E-state index in [1.165, 1.54) is 25.7 Å². The van der Waals surface area contributed by atoms with E-state index in [-0.39, 0.29) is 32.6 Å². The van der Waals surface area contributed by atoms with Crippen LogP contribution in [0.1, 0.15) is 155 Å². The van der Waals surface area contributed by atoms with Gasteiger partial charge in [-0.3, -0.25) is 18.6 Å². The molecule has 3 N–H and O–H groups in total. The third kappa shape index (κ3) is 44.1. The quantitative estimate of drug-likeness (QED) is 0.0267. The Morgan fingerprint density at radius 1 is 0.525 bits per heavy atom. The van der Waals surface area contributed by atoms with E-state index < -0.39 is 32.5 Å². The summed E-state index contributed by atoms with van der Waals surface area (Å²) in [6.45, 7) is 3.49. The number of ether oxygens (including phenoxy) is 2. The average molecular weight is 842 g/mol. The fraction of sp³-hybridized carbons (Fsp3) is 0.592. The molecule has 0 aliphatic heterocycles. The van der Waals surface area contributed by atoms with Crippen molar-refractivity contribution in [2.45, 2.75) is 161 Å². The molecule has 0 aromatic heterocycles. The van der Waals surface area contributed by atoms with Crippen molar-refractivity contribution in [3.05, 3.63) is 109 Å². The van der Waals surface area contributed by atoms with Crippen molar-refractivity contribution in [3.63, 3.8) is 0 Å². The highest BCUT2D eigenvalue weighted by molar-refractivity contribution is 7.47. The zero-order valence-electron chi connectivity index (χ0n) is 36.7. The van der Waals surface area contributed by atoms with Gasteiger partial charge in [-0.2, -0.15) is 0 Å². The van der Waals surface area contributed by atoms with E-state index in [1.54, 1.807) is 0 Å². The fourth-order valence-corrected chi connectivity index (χ4v) is 6.11. The SMILES string of the molecule is CCC=CCC=CCC=CCC=CCC=CCCCCCC(=O)OC[C@H](COP(=O)(O)OCCN)OC(=O)CCCCCC=CCC=CCC=CCC=CCCCCC. The van der Waals surface area contributed by atoms with E-state index in [9.17, 15) is 19.0 Å². The van der Waals surface area contributed by atoms with Gasteiger partial charge in [-0.15, -0.1) is 0 Å². The standard InChI is InChI=1S/C49H80NO8P/c1-3-5-7-9-11-13-15-17-19-21-23-25-27-29-31-33-35-37-39-41-48(51)55-45-47(46-57-59(53,54)56-44-43-50)58-49(52)42-40-38-36-34-32-30-28-26-24-22-20-18-16-14-12-10-8-6-4-2/h5,7,11-14,17-20,23-26,29-32,47H,3-4,6,8-10,15-16,21-22,27-28,33-46,50H2,1-2H3,(H,53,54)/t47-/m1/s1. The molecule has 0 bridgehead atoms. The molecule has 0 aliphatic rings. The molecule has 1 unspecified atom stereocenters. The van der Waals surface area contributed by atoms with E-state index in [2.05, 4.69) is 123 Å². The summed E-state index contributed by atoms with van der Waals surface area (Å²) >= 11 is 0. The first-order valence-corrected chi connectivity index (χ1v) is 23.9. The number of unbranched alkanes of at least 4 members (excludes halogenated alkanes) is 9. The van der Waals surface area contributed by atoms with Crippen molar-refractivity contribution in [2.24, 2.45) is 5.73 Å². The third-order valence-corrected chi connectivity index (χ3v) is 9.63. The lowest BCUT2D eigenvalue weighted by molar-refractivity contribution is -0.161. The number of carbonyl (C=O) groups excluding carboxylic acids is 2. The van der Waals surface area contributed by atoms with Crippen LogP contribution in [-0.2, 0) is 32.7 Å². The maximum Gasteiger partial charge on any atom is 0.472 e. The van der Waals surface area contributed by atoms with Crippen molar-refractivity contribution in [1.82, 2.24) is 0 Å². The average Bonchev–Trinajstić information content (AvgIpc) is 3.22. The fourth-order valence-electron chi connectivity index (χ4n) is 5.35. The minimum Gasteiger partial charge on any atom is -0.462 e. The van der Waals surface area contributed by atoms with Crippen LogP contribution in [0.4, 0.5) is 0 Å². The Bertz CT molecular complexity index is 1330. The Balaban J connectivity index is 4.30. The molecule has 0 aliphatic carbocycles. The van der Waals surface area contributed by atoms with Crippen molar-refractivity contribution >= 4 is 19.8 Å². The second kappa shape index (κ2) is 44.2. The lowest BCUT2D eigenvalue weighted by Gasteiger charge is -2.19. The number of rotatable bonds is 40. The van der Waals surface area contributed by atoms with Crippen molar-refractivity contribution in [3.8, 4) is 0 Å². The molecule has 9 nitrogen and oxygen atoms in total. The van der Waals surface area contributed by atoms with Crippen LogP contribution in [0.3, 0.4) is 0 Å². The Morgan fingerprint density at radius 2 is 0.932 bits per heavy atom. The second-order valence-corrected chi connectivity index (χ2v) is 15.6. The molecular formula is C49H80NO8P. The van der Waals surface area contributed by atoms with Gasteiger partial charge in [0.1, 0.15) is 6.61 Å². The largest absolute Gasteiger partial charge is 0.472 e. The number of phosphoric acid groups is 1. The minimum atomic E-state index is -4.40. The van der Waals surface area contributed by atoms with Gasteiger partial charge in [-0.1, -0.05) is 149 Å². The third-order valence-electron chi connectivity index (χ3n) is 8.64. The van der Waals surface area contributed by atoms with Gasteiger partial charge in [0.05, 0.1) is 13.2 Å². The Hall–Kier alpha value is -3.33. The predicted molar refractivity (Wildman–Crippen MR) is 247 cm³/mol. The first kappa shape index (κ1) is 55.7. The van der Waals surface area contributed by atoms with Gasteiger partial charge in [0, 0.05) is 19.4 Å². The highest BCUT2D eigenvalue weighted by Gasteiger charge is 2.25. The molecule has 0 saturated heterocycles. The molecule has 0 rings (SSSR count). The Labute approximate surface area is 359 Å². The first-order chi connectivity index (χ1) is 28.8. The maximum absolute atomic E-state index is 12.6. The lowest BCUT2D eigenvalue weighted by Crippen LogP contribution is -2.29. The number of hydrogen-bond acceptors (Lipinski definition) is 8. The van der Waals surface area contributed by atoms with Gasteiger partial charge in [0.15, 0.2) is 6.10 Å². The summed E-state index contributed by atoms with van der Waals surface area (Å²) in [7, 11) is -4.40. The molecule has 334 valence electrons. The zero-order valence-corrected chi connectivity index (χ0v) is 37.6. The number of esters is 2. The summed E-state index contributed by atoms with van der Waals surface area (Å²) in [5.74, 6) is -0.914. The molecule has 2 atom stereocenters. The molecule has 0 amide bonds. The molecule has 0 spiro atoms. The number of hydrogen-bond donors (Lipinski definition) is 2. The zero-order chi connectivity index (χ0) is 43.2. The van der Waals surface area contributed by atoms with Gasteiger partial charge in [0.2, 0.25) is 0 Å². The van der Waals surface area contributed by atoms with E-state index in [0.29, 0.717) is 12.8 Å². The van der Waals surface area contributed by atoms with Crippen LogP contribution in [0, 0.1) is 0 Å². The summed E-state index contributed by atoms with van der Waals surface area (Å²) < 4.78 is 32.7. The van der Waals surface area contributed by atoms with Crippen LogP contribution in [0.25, 0.3) is 0 Å². The summed E-state index contributed by atoms with van der Waals surface area (Å²) in [6, 6.07) is 0. The summed E-state index contributed by atoms with van der Waals surface area (Å²) in [5, 5.41) is 0. The molecule has 0 fully saturated rings. The lowest BCUT2D eigenvalue weighted by atomic mass is 10.1.